The van der Waals surface area contributed by atoms with Crippen molar-refractivity contribution in [3.8, 4) is 0 Å². The Hall–Kier alpha value is -0.890. The molecule has 1 aromatic rings. The molecular weight excluding hydrogens is 201 g/mol. The average molecular weight is 223 g/mol. The Bertz CT molecular complexity index is 311. The van der Waals surface area contributed by atoms with Gasteiger partial charge in [-0.2, -0.15) is 0 Å². The van der Waals surface area contributed by atoms with Gasteiger partial charge >= 0.3 is 0 Å². The molecule has 0 heterocycles. The number of nitrogens with one attached hydrogen (secondary N) is 1. The molecule has 0 aliphatic carbocycles. The minimum absolute atomic E-state index is 0.158. The van der Waals surface area contributed by atoms with Gasteiger partial charge in [-0.15, -0.1) is 0 Å². The Morgan fingerprint density at radius 1 is 1.31 bits per heavy atom. The fourth-order valence-corrected chi connectivity index (χ4v) is 1.98. The lowest BCUT2D eigenvalue weighted by atomic mass is 10.0. The predicted octanol–water partition coefficient (Wildman–Crippen LogP) is 4.06. The van der Waals surface area contributed by atoms with Gasteiger partial charge < -0.3 is 5.32 Å². The number of hydrogen-bond acceptors (Lipinski definition) is 1. The van der Waals surface area contributed by atoms with Gasteiger partial charge in [0.05, 0.1) is 0 Å². The van der Waals surface area contributed by atoms with Gasteiger partial charge in [-0.05, 0) is 37.5 Å². The SMILES string of the molecule is CCCC(CC)N[C@@H](C)c1cccc(F)c1. The zero-order chi connectivity index (χ0) is 12.0. The second-order valence-electron chi connectivity index (χ2n) is 4.34. The molecule has 0 bridgehead atoms. The number of halogens is 1. The van der Waals surface area contributed by atoms with Gasteiger partial charge in [0, 0.05) is 12.1 Å². The van der Waals surface area contributed by atoms with Crippen molar-refractivity contribution in [3.05, 3.63) is 35.6 Å². The third-order valence-electron chi connectivity index (χ3n) is 2.96. The molecule has 0 aliphatic rings. The van der Waals surface area contributed by atoms with E-state index in [1.165, 1.54) is 18.9 Å². The van der Waals surface area contributed by atoms with Crippen molar-refractivity contribution < 1.29 is 4.39 Å². The van der Waals surface area contributed by atoms with Crippen LogP contribution in [0.15, 0.2) is 24.3 Å². The molecule has 2 atom stereocenters. The first-order chi connectivity index (χ1) is 7.67. The molecule has 1 unspecified atom stereocenters. The van der Waals surface area contributed by atoms with E-state index in [1.807, 2.05) is 6.07 Å². The summed E-state index contributed by atoms with van der Waals surface area (Å²) in [5.74, 6) is -0.158. The molecule has 1 aromatic carbocycles. The molecule has 16 heavy (non-hydrogen) atoms. The van der Waals surface area contributed by atoms with Crippen LogP contribution in [0.4, 0.5) is 4.39 Å². The number of hydrogen-bond donors (Lipinski definition) is 1. The van der Waals surface area contributed by atoms with E-state index >= 15 is 0 Å². The Balaban J connectivity index is 2.60. The van der Waals surface area contributed by atoms with Crippen molar-refractivity contribution in [1.82, 2.24) is 5.32 Å². The van der Waals surface area contributed by atoms with Crippen LogP contribution in [0.1, 0.15) is 51.6 Å². The maximum atomic E-state index is 13.1. The summed E-state index contributed by atoms with van der Waals surface area (Å²) in [5.41, 5.74) is 1.02. The summed E-state index contributed by atoms with van der Waals surface area (Å²) in [6.07, 6.45) is 3.48. The molecule has 2 heteroatoms. The molecule has 1 N–H and O–H groups in total. The van der Waals surface area contributed by atoms with Crippen LogP contribution in [0.25, 0.3) is 0 Å². The third-order valence-corrected chi connectivity index (χ3v) is 2.96. The second kappa shape index (κ2) is 6.64. The monoisotopic (exact) mass is 223 g/mol. The molecule has 0 spiro atoms. The van der Waals surface area contributed by atoms with Crippen molar-refractivity contribution >= 4 is 0 Å². The van der Waals surface area contributed by atoms with Crippen LogP contribution in [0.3, 0.4) is 0 Å². The van der Waals surface area contributed by atoms with E-state index in [-0.39, 0.29) is 11.9 Å². The fraction of sp³-hybridized carbons (Fsp3) is 0.571. The van der Waals surface area contributed by atoms with E-state index in [0.717, 1.165) is 12.0 Å². The minimum atomic E-state index is -0.158. The molecule has 0 saturated carbocycles. The molecule has 90 valence electrons. The molecule has 0 amide bonds. The molecule has 0 saturated heterocycles. The normalized spacial score (nSPS) is 14.8. The van der Waals surface area contributed by atoms with Crippen LogP contribution in [0.5, 0.6) is 0 Å². The van der Waals surface area contributed by atoms with Gasteiger partial charge in [0.15, 0.2) is 0 Å². The van der Waals surface area contributed by atoms with Gasteiger partial charge in [-0.25, -0.2) is 4.39 Å². The first-order valence-electron chi connectivity index (χ1n) is 6.18. The van der Waals surface area contributed by atoms with Crippen molar-refractivity contribution in [3.63, 3.8) is 0 Å². The zero-order valence-electron chi connectivity index (χ0n) is 10.5. The van der Waals surface area contributed by atoms with E-state index in [4.69, 9.17) is 0 Å². The van der Waals surface area contributed by atoms with Gasteiger partial charge in [0.2, 0.25) is 0 Å². The second-order valence-corrected chi connectivity index (χ2v) is 4.34. The van der Waals surface area contributed by atoms with Crippen LogP contribution in [0.2, 0.25) is 0 Å². The molecule has 0 radical (unpaired) electrons. The van der Waals surface area contributed by atoms with Crippen LogP contribution < -0.4 is 5.32 Å². The predicted molar refractivity (Wildman–Crippen MR) is 66.9 cm³/mol. The zero-order valence-corrected chi connectivity index (χ0v) is 10.5. The topological polar surface area (TPSA) is 12.0 Å². The minimum Gasteiger partial charge on any atom is -0.307 e. The van der Waals surface area contributed by atoms with Crippen molar-refractivity contribution in [2.24, 2.45) is 0 Å². The van der Waals surface area contributed by atoms with Crippen LogP contribution in [0, 0.1) is 5.82 Å². The van der Waals surface area contributed by atoms with E-state index in [0.29, 0.717) is 6.04 Å². The average Bonchev–Trinajstić information content (AvgIpc) is 2.28. The first kappa shape index (κ1) is 13.2. The molecule has 1 rings (SSSR count). The van der Waals surface area contributed by atoms with Crippen molar-refractivity contribution in [2.75, 3.05) is 0 Å². The third kappa shape index (κ3) is 3.93. The summed E-state index contributed by atoms with van der Waals surface area (Å²) < 4.78 is 13.1. The molecule has 0 aromatic heterocycles. The van der Waals surface area contributed by atoms with Crippen LogP contribution in [-0.4, -0.2) is 6.04 Å². The number of rotatable bonds is 6. The maximum absolute atomic E-state index is 13.1. The smallest absolute Gasteiger partial charge is 0.123 e. The highest BCUT2D eigenvalue weighted by molar-refractivity contribution is 5.19. The molecule has 0 fully saturated rings. The molecular formula is C14H22FN. The molecule has 1 nitrogen and oxygen atoms in total. The van der Waals surface area contributed by atoms with Gasteiger partial charge in [-0.1, -0.05) is 32.4 Å². The summed E-state index contributed by atoms with van der Waals surface area (Å²) in [6.45, 7) is 6.47. The lowest BCUT2D eigenvalue weighted by Crippen LogP contribution is -2.30. The highest BCUT2D eigenvalue weighted by atomic mass is 19.1. The Kier molecular flexibility index (Phi) is 5.47. The number of benzene rings is 1. The van der Waals surface area contributed by atoms with Gasteiger partial charge in [-0.3, -0.25) is 0 Å². The highest BCUT2D eigenvalue weighted by Gasteiger charge is 2.11. The van der Waals surface area contributed by atoms with E-state index in [9.17, 15) is 4.39 Å². The van der Waals surface area contributed by atoms with E-state index in [2.05, 4.69) is 26.1 Å². The summed E-state index contributed by atoms with van der Waals surface area (Å²) in [6, 6.07) is 7.58. The van der Waals surface area contributed by atoms with Gasteiger partial charge in [0.1, 0.15) is 5.82 Å². The quantitative estimate of drug-likeness (QED) is 0.767. The largest absolute Gasteiger partial charge is 0.307 e. The Labute approximate surface area is 98.1 Å². The van der Waals surface area contributed by atoms with Crippen LogP contribution in [-0.2, 0) is 0 Å². The fourth-order valence-electron chi connectivity index (χ4n) is 1.98. The van der Waals surface area contributed by atoms with E-state index < -0.39 is 0 Å². The van der Waals surface area contributed by atoms with Crippen molar-refractivity contribution in [1.29, 1.82) is 0 Å². The van der Waals surface area contributed by atoms with Crippen molar-refractivity contribution in [2.45, 2.75) is 52.1 Å². The Morgan fingerprint density at radius 2 is 2.06 bits per heavy atom. The summed E-state index contributed by atoms with van der Waals surface area (Å²) >= 11 is 0. The Morgan fingerprint density at radius 3 is 2.62 bits per heavy atom. The molecule has 0 aliphatic heterocycles. The summed E-state index contributed by atoms with van der Waals surface area (Å²) in [5, 5.41) is 3.54. The summed E-state index contributed by atoms with van der Waals surface area (Å²) in [7, 11) is 0. The standard InChI is InChI=1S/C14H22FN/c1-4-7-14(5-2)16-11(3)12-8-6-9-13(15)10-12/h6,8-11,14,16H,4-5,7H2,1-3H3/t11-,14?/m0/s1. The van der Waals surface area contributed by atoms with E-state index in [1.54, 1.807) is 12.1 Å². The first-order valence-corrected chi connectivity index (χ1v) is 6.18. The summed E-state index contributed by atoms with van der Waals surface area (Å²) in [4.78, 5) is 0. The lowest BCUT2D eigenvalue weighted by molar-refractivity contribution is 0.416. The maximum Gasteiger partial charge on any atom is 0.123 e. The van der Waals surface area contributed by atoms with Crippen LogP contribution >= 0.6 is 0 Å². The lowest BCUT2D eigenvalue weighted by Gasteiger charge is -2.22. The van der Waals surface area contributed by atoms with Gasteiger partial charge in [0.25, 0.3) is 0 Å². The highest BCUT2D eigenvalue weighted by Crippen LogP contribution is 2.16.